The molecule has 10 heteroatoms. The van der Waals surface area contributed by atoms with Gasteiger partial charge in [-0.3, -0.25) is 9.36 Å². The first kappa shape index (κ1) is 27.1. The molecule has 0 saturated heterocycles. The molecule has 5 aromatic rings. The van der Waals surface area contributed by atoms with Gasteiger partial charge in [0.05, 0.1) is 11.6 Å². The summed E-state index contributed by atoms with van der Waals surface area (Å²) < 4.78 is 12.0. The summed E-state index contributed by atoms with van der Waals surface area (Å²) in [5.41, 5.74) is 2.33. The Balaban J connectivity index is 0.000000804. The van der Waals surface area contributed by atoms with Crippen molar-refractivity contribution in [2.75, 3.05) is 5.32 Å². The van der Waals surface area contributed by atoms with Crippen molar-refractivity contribution in [3.05, 3.63) is 36.8 Å². The normalized spacial score (nSPS) is 16.6. The number of aryl methyl sites for hydroxylation is 3. The number of hydrogen-bond donors (Lipinski definition) is 1. The topological polar surface area (TPSA) is 100 Å². The number of fused-ring (bicyclic) bond motifs is 2. The number of ether oxygens (including phenoxy) is 1. The van der Waals surface area contributed by atoms with Crippen LogP contribution in [0.25, 0.3) is 33.6 Å². The van der Waals surface area contributed by atoms with E-state index in [1.54, 1.807) is 9.36 Å². The smallest absolute Gasteiger partial charge is 0.182 e. The van der Waals surface area contributed by atoms with Gasteiger partial charge >= 0.3 is 0 Å². The Labute approximate surface area is 224 Å². The van der Waals surface area contributed by atoms with Crippen molar-refractivity contribution in [2.24, 2.45) is 27.1 Å². The van der Waals surface area contributed by atoms with Crippen LogP contribution in [-0.4, -0.2) is 45.2 Å². The second-order valence-electron chi connectivity index (χ2n) is 9.14. The third kappa shape index (κ3) is 5.20. The van der Waals surface area contributed by atoms with Crippen LogP contribution < -0.4 is 10.1 Å². The maximum Gasteiger partial charge on any atom is 0.182 e. The highest BCUT2D eigenvalue weighted by Gasteiger charge is 2.26. The second kappa shape index (κ2) is 11.6. The van der Waals surface area contributed by atoms with E-state index < -0.39 is 0 Å². The molecule has 0 aromatic carbocycles. The molecular weight excluding hydrogens is 478 g/mol. The van der Waals surface area contributed by atoms with E-state index >= 15 is 0 Å². The van der Waals surface area contributed by atoms with Gasteiger partial charge in [-0.25, -0.2) is 15.0 Å². The van der Waals surface area contributed by atoms with E-state index in [0.29, 0.717) is 23.3 Å². The van der Waals surface area contributed by atoms with Gasteiger partial charge in [-0.2, -0.15) is 10.2 Å². The molecule has 1 aliphatic rings. The molecule has 0 spiro atoms. The van der Waals surface area contributed by atoms with E-state index in [0.717, 1.165) is 40.1 Å². The Bertz CT molecular complexity index is 1510. The Hall–Kier alpha value is -3.95. The highest BCUT2D eigenvalue weighted by molar-refractivity contribution is 5.84. The van der Waals surface area contributed by atoms with Crippen molar-refractivity contribution in [3.63, 3.8) is 0 Å². The van der Waals surface area contributed by atoms with Crippen molar-refractivity contribution in [1.82, 2.24) is 39.1 Å². The molecule has 1 aliphatic carbocycles. The van der Waals surface area contributed by atoms with E-state index in [9.17, 15) is 0 Å². The van der Waals surface area contributed by atoms with Gasteiger partial charge < -0.3 is 14.6 Å². The van der Waals surface area contributed by atoms with Crippen molar-refractivity contribution in [2.45, 2.75) is 60.0 Å². The van der Waals surface area contributed by atoms with E-state index in [1.807, 2.05) is 90.2 Å². The van der Waals surface area contributed by atoms with Crippen molar-refractivity contribution in [3.8, 4) is 17.3 Å². The second-order valence-corrected chi connectivity index (χ2v) is 9.14. The van der Waals surface area contributed by atoms with Gasteiger partial charge in [-0.15, -0.1) is 0 Å². The minimum atomic E-state index is 0.214. The third-order valence-corrected chi connectivity index (χ3v) is 6.70. The molecule has 0 aliphatic heterocycles. The lowest BCUT2D eigenvalue weighted by Crippen LogP contribution is -2.19. The molecular formula is C28H39N9O. The predicted molar refractivity (Wildman–Crippen MR) is 153 cm³/mol. The fraction of sp³-hybridized carbons (Fsp3) is 0.464. The summed E-state index contributed by atoms with van der Waals surface area (Å²) in [5.74, 6) is 3.37. The molecule has 1 N–H and O–H groups in total. The van der Waals surface area contributed by atoms with Crippen LogP contribution in [0.15, 0.2) is 36.8 Å². The first-order valence-corrected chi connectivity index (χ1v) is 13.5. The molecule has 0 amide bonds. The SMILES string of the molecule is CC.CC.CC1CCCC1Oc1cc(Nc2cc(-c3ncc4ccn(C)c4n3)nn2C)nc2c1cnn2C. The summed E-state index contributed by atoms with van der Waals surface area (Å²) in [7, 11) is 5.74. The fourth-order valence-electron chi connectivity index (χ4n) is 4.69. The lowest BCUT2D eigenvalue weighted by atomic mass is 10.1. The van der Waals surface area contributed by atoms with E-state index in [4.69, 9.17) is 14.7 Å². The van der Waals surface area contributed by atoms with Gasteiger partial charge in [0.2, 0.25) is 0 Å². The summed E-state index contributed by atoms with van der Waals surface area (Å²) >= 11 is 0. The Kier molecular flexibility index (Phi) is 8.29. The molecule has 10 nitrogen and oxygen atoms in total. The van der Waals surface area contributed by atoms with Crippen molar-refractivity contribution < 1.29 is 4.74 Å². The van der Waals surface area contributed by atoms with E-state index in [-0.39, 0.29) is 6.10 Å². The van der Waals surface area contributed by atoms with Crippen LogP contribution in [0.2, 0.25) is 0 Å². The van der Waals surface area contributed by atoms with Gasteiger partial charge in [0, 0.05) is 51.1 Å². The van der Waals surface area contributed by atoms with Gasteiger partial charge in [-0.05, 0) is 31.2 Å². The minimum absolute atomic E-state index is 0.214. The average Bonchev–Trinajstić information content (AvgIpc) is 3.71. The van der Waals surface area contributed by atoms with Crippen molar-refractivity contribution in [1.29, 1.82) is 0 Å². The largest absolute Gasteiger partial charge is 0.489 e. The zero-order valence-electron chi connectivity index (χ0n) is 23.7. The summed E-state index contributed by atoms with van der Waals surface area (Å²) in [4.78, 5) is 14.0. The van der Waals surface area contributed by atoms with Crippen LogP contribution in [0.3, 0.4) is 0 Å². The van der Waals surface area contributed by atoms with Crippen LogP contribution in [-0.2, 0) is 21.1 Å². The molecule has 0 radical (unpaired) electrons. The highest BCUT2D eigenvalue weighted by Crippen LogP contribution is 2.34. The number of aromatic nitrogens is 8. The van der Waals surface area contributed by atoms with Crippen LogP contribution in [0, 0.1) is 5.92 Å². The van der Waals surface area contributed by atoms with Gasteiger partial charge in [0.25, 0.3) is 0 Å². The first-order chi connectivity index (χ1) is 18.5. The average molecular weight is 518 g/mol. The summed E-state index contributed by atoms with van der Waals surface area (Å²) in [6.07, 6.45) is 9.31. The molecule has 0 bridgehead atoms. The number of rotatable bonds is 5. The van der Waals surface area contributed by atoms with Gasteiger partial charge in [-0.1, -0.05) is 34.6 Å². The molecule has 1 fully saturated rings. The molecule has 2 atom stereocenters. The summed E-state index contributed by atoms with van der Waals surface area (Å²) in [6.45, 7) is 10.3. The first-order valence-electron chi connectivity index (χ1n) is 13.5. The fourth-order valence-corrected chi connectivity index (χ4v) is 4.69. The maximum atomic E-state index is 6.46. The summed E-state index contributed by atoms with van der Waals surface area (Å²) in [5, 5.41) is 14.3. The Morgan fingerprint density at radius 1 is 0.947 bits per heavy atom. The van der Waals surface area contributed by atoms with Crippen molar-refractivity contribution >= 4 is 33.7 Å². The molecule has 202 valence electrons. The monoisotopic (exact) mass is 517 g/mol. The van der Waals surface area contributed by atoms with Crippen LogP contribution in [0.5, 0.6) is 5.75 Å². The number of nitrogens with one attached hydrogen (secondary N) is 1. The molecule has 5 heterocycles. The number of pyridine rings is 1. The molecule has 1 saturated carbocycles. The summed E-state index contributed by atoms with van der Waals surface area (Å²) in [6, 6.07) is 5.88. The highest BCUT2D eigenvalue weighted by atomic mass is 16.5. The zero-order valence-corrected chi connectivity index (χ0v) is 23.7. The lowest BCUT2D eigenvalue weighted by Gasteiger charge is -2.19. The molecule has 2 unspecified atom stereocenters. The predicted octanol–water partition coefficient (Wildman–Crippen LogP) is 6.01. The Morgan fingerprint density at radius 2 is 1.74 bits per heavy atom. The van der Waals surface area contributed by atoms with Crippen LogP contribution >= 0.6 is 0 Å². The number of anilines is 2. The van der Waals surface area contributed by atoms with Gasteiger partial charge in [0.1, 0.15) is 34.8 Å². The van der Waals surface area contributed by atoms with E-state index in [1.165, 1.54) is 12.8 Å². The Morgan fingerprint density at radius 3 is 2.47 bits per heavy atom. The number of nitrogens with zero attached hydrogens (tertiary/aromatic N) is 8. The third-order valence-electron chi connectivity index (χ3n) is 6.70. The molecule has 6 rings (SSSR count). The lowest BCUT2D eigenvalue weighted by molar-refractivity contribution is 0.170. The zero-order chi connectivity index (χ0) is 27.4. The maximum absolute atomic E-state index is 6.46. The molecule has 38 heavy (non-hydrogen) atoms. The van der Waals surface area contributed by atoms with Crippen LogP contribution in [0.4, 0.5) is 11.6 Å². The van der Waals surface area contributed by atoms with E-state index in [2.05, 4.69) is 27.4 Å². The van der Waals surface area contributed by atoms with Gasteiger partial charge in [0.15, 0.2) is 11.5 Å². The molecule has 5 aromatic heterocycles. The van der Waals surface area contributed by atoms with Crippen LogP contribution in [0.1, 0.15) is 53.9 Å². The number of hydrogen-bond acceptors (Lipinski definition) is 7. The standard InChI is InChI=1S/C24H27N9O.2C2H6/c1-14-6-5-7-18(14)34-19-11-20(28-24-16(19)13-26-33(24)4)27-21-10-17(30-32(21)3)22-25-12-15-8-9-31(2)23(15)29-22;2*1-2/h8-14,18H,5-7H2,1-4H3,(H,27,28);2*1-2H3. The quantitative estimate of drug-likeness (QED) is 0.304. The minimum Gasteiger partial charge on any atom is -0.489 e.